The zero-order chi connectivity index (χ0) is 18.1. The van der Waals surface area contributed by atoms with Crippen molar-refractivity contribution in [1.82, 2.24) is 14.8 Å². The Labute approximate surface area is 162 Å². The third kappa shape index (κ3) is 3.89. The molecule has 1 aliphatic heterocycles. The topological polar surface area (TPSA) is 22.3 Å². The van der Waals surface area contributed by atoms with E-state index in [1.54, 1.807) is 18.2 Å². The number of nitrogens with zero attached hydrogens (tertiary/aromatic N) is 2. The molecule has 4 rings (SSSR count). The molecule has 1 aliphatic rings. The van der Waals surface area contributed by atoms with Gasteiger partial charge in [-0.15, -0.1) is 0 Å². The molecule has 1 fully saturated rings. The third-order valence-corrected chi connectivity index (χ3v) is 5.58. The average molecular weight is 392 g/mol. The summed E-state index contributed by atoms with van der Waals surface area (Å²) in [5.74, 6) is -0.192. The summed E-state index contributed by atoms with van der Waals surface area (Å²) in [4.78, 5) is 8.04. The highest BCUT2D eigenvalue weighted by atomic mass is 35.5. The van der Waals surface area contributed by atoms with Gasteiger partial charge in [-0.1, -0.05) is 29.3 Å². The number of H-pyrrole nitrogens is 1. The van der Waals surface area contributed by atoms with Crippen LogP contribution in [0.2, 0.25) is 10.0 Å². The molecule has 0 saturated carbocycles. The van der Waals surface area contributed by atoms with Crippen molar-refractivity contribution in [3.63, 3.8) is 0 Å². The molecule has 0 radical (unpaired) electrons. The first kappa shape index (κ1) is 17.8. The Kier molecular flexibility index (Phi) is 5.18. The van der Waals surface area contributed by atoms with Crippen molar-refractivity contribution in [1.29, 1.82) is 0 Å². The van der Waals surface area contributed by atoms with Crippen molar-refractivity contribution in [2.24, 2.45) is 0 Å². The molecule has 0 amide bonds. The first-order valence-electron chi connectivity index (χ1n) is 8.72. The van der Waals surface area contributed by atoms with E-state index in [2.05, 4.69) is 14.8 Å². The number of benzene rings is 2. The van der Waals surface area contributed by atoms with Crippen molar-refractivity contribution >= 4 is 34.1 Å². The number of hydrogen-bond donors (Lipinski definition) is 1. The maximum absolute atomic E-state index is 13.5. The van der Waals surface area contributed by atoms with Gasteiger partial charge < -0.3 is 4.98 Å². The Bertz CT molecular complexity index is 917. The van der Waals surface area contributed by atoms with Crippen molar-refractivity contribution < 1.29 is 4.39 Å². The number of aromatic nitrogens is 1. The van der Waals surface area contributed by atoms with Crippen LogP contribution in [0.4, 0.5) is 4.39 Å². The molecule has 1 aromatic heterocycles. The molecule has 6 heteroatoms. The van der Waals surface area contributed by atoms with Crippen LogP contribution in [0.3, 0.4) is 0 Å². The lowest BCUT2D eigenvalue weighted by atomic mass is 10.1. The molecular weight excluding hydrogens is 372 g/mol. The van der Waals surface area contributed by atoms with Crippen LogP contribution in [0.1, 0.15) is 11.1 Å². The first-order valence-corrected chi connectivity index (χ1v) is 9.48. The zero-order valence-electron chi connectivity index (χ0n) is 14.3. The third-order valence-electron chi connectivity index (χ3n) is 5.00. The molecule has 0 spiro atoms. The summed E-state index contributed by atoms with van der Waals surface area (Å²) in [5, 5.41) is 2.36. The Morgan fingerprint density at radius 3 is 2.27 bits per heavy atom. The number of hydrogen-bond acceptors (Lipinski definition) is 2. The van der Waals surface area contributed by atoms with E-state index in [9.17, 15) is 4.39 Å². The van der Waals surface area contributed by atoms with Gasteiger partial charge in [0.05, 0.1) is 0 Å². The maximum Gasteiger partial charge on any atom is 0.123 e. The van der Waals surface area contributed by atoms with Gasteiger partial charge in [0.1, 0.15) is 5.82 Å². The number of halogens is 3. The van der Waals surface area contributed by atoms with Crippen LogP contribution in [0, 0.1) is 5.82 Å². The SMILES string of the molecule is Fc1ccc2[nH]cc(CN3CCN(Cc4ccc(Cl)cc4Cl)CC3)c2c1. The number of fused-ring (bicyclic) bond motifs is 1. The fourth-order valence-electron chi connectivity index (χ4n) is 3.52. The number of aromatic amines is 1. The molecule has 1 N–H and O–H groups in total. The minimum absolute atomic E-state index is 0.192. The molecule has 2 heterocycles. The zero-order valence-corrected chi connectivity index (χ0v) is 15.8. The second kappa shape index (κ2) is 7.57. The van der Waals surface area contributed by atoms with E-state index < -0.39 is 0 Å². The summed E-state index contributed by atoms with van der Waals surface area (Å²) < 4.78 is 13.5. The molecular formula is C20H20Cl2FN3. The minimum Gasteiger partial charge on any atom is -0.361 e. The van der Waals surface area contributed by atoms with E-state index >= 15 is 0 Å². The lowest BCUT2D eigenvalue weighted by Gasteiger charge is -2.34. The van der Waals surface area contributed by atoms with Crippen molar-refractivity contribution in [3.05, 3.63) is 69.6 Å². The van der Waals surface area contributed by atoms with Crippen LogP contribution in [-0.4, -0.2) is 41.0 Å². The van der Waals surface area contributed by atoms with Gasteiger partial charge in [-0.2, -0.15) is 0 Å². The summed E-state index contributed by atoms with van der Waals surface area (Å²) in [6.45, 7) is 5.59. The summed E-state index contributed by atoms with van der Waals surface area (Å²) in [6, 6.07) is 10.6. The molecule has 0 unspecified atom stereocenters. The predicted molar refractivity (Wildman–Crippen MR) is 105 cm³/mol. The summed E-state index contributed by atoms with van der Waals surface area (Å²) in [6.07, 6.45) is 1.99. The minimum atomic E-state index is -0.192. The highest BCUT2D eigenvalue weighted by molar-refractivity contribution is 6.35. The Morgan fingerprint density at radius 1 is 0.885 bits per heavy atom. The summed E-state index contributed by atoms with van der Waals surface area (Å²) in [5.41, 5.74) is 3.24. The van der Waals surface area contributed by atoms with Gasteiger partial charge in [0.25, 0.3) is 0 Å². The summed E-state index contributed by atoms with van der Waals surface area (Å²) >= 11 is 12.3. The van der Waals surface area contributed by atoms with Crippen molar-refractivity contribution in [3.8, 4) is 0 Å². The average Bonchev–Trinajstić information content (AvgIpc) is 3.01. The van der Waals surface area contributed by atoms with Gasteiger partial charge >= 0.3 is 0 Å². The van der Waals surface area contributed by atoms with Crippen molar-refractivity contribution in [2.75, 3.05) is 26.2 Å². The molecule has 0 atom stereocenters. The fourth-order valence-corrected chi connectivity index (χ4v) is 3.99. The van der Waals surface area contributed by atoms with E-state index in [1.165, 1.54) is 6.07 Å². The van der Waals surface area contributed by atoms with Crippen LogP contribution >= 0.6 is 23.2 Å². The Hall–Kier alpha value is -1.59. The smallest absolute Gasteiger partial charge is 0.123 e. The highest BCUT2D eigenvalue weighted by Gasteiger charge is 2.19. The fraction of sp³-hybridized carbons (Fsp3) is 0.300. The van der Waals surface area contributed by atoms with Crippen LogP contribution in [0.15, 0.2) is 42.6 Å². The van der Waals surface area contributed by atoms with Crippen LogP contribution in [0.25, 0.3) is 10.9 Å². The molecule has 3 nitrogen and oxygen atoms in total. The standard InChI is InChI=1S/C20H20Cl2FN3/c21-16-2-1-14(19(22)9-16)12-25-5-7-26(8-6-25)13-15-11-24-20-4-3-17(23)10-18(15)20/h1-4,9-11,24H,5-8,12-13H2. The van der Waals surface area contributed by atoms with Crippen LogP contribution < -0.4 is 0 Å². The molecule has 0 bridgehead atoms. The van der Waals surface area contributed by atoms with E-state index in [1.807, 2.05) is 18.3 Å². The molecule has 3 aromatic rings. The largest absolute Gasteiger partial charge is 0.361 e. The van der Waals surface area contributed by atoms with Crippen LogP contribution in [-0.2, 0) is 13.1 Å². The Morgan fingerprint density at radius 2 is 1.58 bits per heavy atom. The summed E-state index contributed by atoms with van der Waals surface area (Å²) in [7, 11) is 0. The Balaban J connectivity index is 1.36. The van der Waals surface area contributed by atoms with E-state index in [-0.39, 0.29) is 5.82 Å². The lowest BCUT2D eigenvalue weighted by molar-refractivity contribution is 0.122. The van der Waals surface area contributed by atoms with E-state index in [0.29, 0.717) is 5.02 Å². The number of nitrogens with one attached hydrogen (secondary N) is 1. The quantitative estimate of drug-likeness (QED) is 0.680. The van der Waals surface area contributed by atoms with Gasteiger partial charge in [-0.05, 0) is 41.5 Å². The second-order valence-electron chi connectivity index (χ2n) is 6.79. The lowest BCUT2D eigenvalue weighted by Crippen LogP contribution is -2.45. The van der Waals surface area contributed by atoms with Gasteiger partial charge in [0.15, 0.2) is 0 Å². The van der Waals surface area contributed by atoms with Gasteiger partial charge in [-0.25, -0.2) is 4.39 Å². The van der Waals surface area contributed by atoms with E-state index in [4.69, 9.17) is 23.2 Å². The highest BCUT2D eigenvalue weighted by Crippen LogP contribution is 2.24. The number of rotatable bonds is 4. The van der Waals surface area contributed by atoms with E-state index in [0.717, 1.165) is 66.3 Å². The predicted octanol–water partition coefficient (Wildman–Crippen LogP) is 4.93. The van der Waals surface area contributed by atoms with Crippen molar-refractivity contribution in [2.45, 2.75) is 13.1 Å². The normalized spacial score (nSPS) is 16.4. The van der Waals surface area contributed by atoms with Crippen LogP contribution in [0.5, 0.6) is 0 Å². The van der Waals surface area contributed by atoms with Gasteiger partial charge in [0.2, 0.25) is 0 Å². The molecule has 2 aromatic carbocycles. The maximum atomic E-state index is 13.5. The van der Waals surface area contributed by atoms with Gasteiger partial charge in [0, 0.05) is 66.4 Å². The monoisotopic (exact) mass is 391 g/mol. The molecule has 1 saturated heterocycles. The van der Waals surface area contributed by atoms with Gasteiger partial charge in [-0.3, -0.25) is 9.80 Å². The number of piperazine rings is 1. The molecule has 136 valence electrons. The first-order chi connectivity index (χ1) is 12.6. The second-order valence-corrected chi connectivity index (χ2v) is 7.64. The molecule has 0 aliphatic carbocycles. The molecule has 26 heavy (non-hydrogen) atoms.